The van der Waals surface area contributed by atoms with Gasteiger partial charge in [-0.15, -0.1) is 0 Å². The Labute approximate surface area is 112 Å². The molecule has 19 heavy (non-hydrogen) atoms. The van der Waals surface area contributed by atoms with E-state index in [9.17, 15) is 4.79 Å². The molecule has 0 fully saturated rings. The first-order valence-electron chi connectivity index (χ1n) is 6.27. The molecule has 0 unspecified atom stereocenters. The molecule has 0 spiro atoms. The van der Waals surface area contributed by atoms with Crippen molar-refractivity contribution >= 4 is 5.91 Å². The van der Waals surface area contributed by atoms with Crippen molar-refractivity contribution in [3.63, 3.8) is 0 Å². The van der Waals surface area contributed by atoms with Gasteiger partial charge in [0, 0.05) is 13.2 Å². The summed E-state index contributed by atoms with van der Waals surface area (Å²) >= 11 is 0. The number of hydrogen-bond acceptors (Lipinski definition) is 4. The van der Waals surface area contributed by atoms with Gasteiger partial charge in [0.2, 0.25) is 0 Å². The Morgan fingerprint density at radius 1 is 1.26 bits per heavy atom. The zero-order chi connectivity index (χ0) is 13.9. The molecule has 0 radical (unpaired) electrons. The minimum absolute atomic E-state index is 0.0358. The molecule has 1 aromatic carbocycles. The predicted molar refractivity (Wildman–Crippen MR) is 70.6 cm³/mol. The molecule has 0 heterocycles. The van der Waals surface area contributed by atoms with E-state index in [0.717, 1.165) is 19.3 Å². The van der Waals surface area contributed by atoms with Gasteiger partial charge in [0.05, 0.1) is 11.6 Å². The van der Waals surface area contributed by atoms with E-state index in [2.05, 4.69) is 5.32 Å². The van der Waals surface area contributed by atoms with Crippen LogP contribution in [0.1, 0.15) is 24.8 Å². The minimum atomic E-state index is -0.173. The average Bonchev–Trinajstić information content (AvgIpc) is 2.45. The van der Waals surface area contributed by atoms with Crippen molar-refractivity contribution in [2.75, 3.05) is 19.8 Å². The Morgan fingerprint density at radius 3 is 2.63 bits per heavy atom. The molecule has 102 valence electrons. The van der Waals surface area contributed by atoms with E-state index in [1.54, 1.807) is 24.3 Å². The summed E-state index contributed by atoms with van der Waals surface area (Å²) in [4.78, 5) is 11.4. The van der Waals surface area contributed by atoms with Crippen LogP contribution in [0.2, 0.25) is 0 Å². The molecule has 0 saturated heterocycles. The summed E-state index contributed by atoms with van der Waals surface area (Å²) in [6.07, 6.45) is 2.51. The molecule has 0 aliphatic rings. The molecule has 5 heteroatoms. The average molecular weight is 262 g/mol. The summed E-state index contributed by atoms with van der Waals surface area (Å²) in [5, 5.41) is 20.0. The van der Waals surface area contributed by atoms with Gasteiger partial charge < -0.3 is 15.2 Å². The number of aliphatic hydroxyl groups excluding tert-OH is 1. The fourth-order valence-corrected chi connectivity index (χ4v) is 1.47. The summed E-state index contributed by atoms with van der Waals surface area (Å²) < 4.78 is 5.28. The third-order valence-corrected chi connectivity index (χ3v) is 2.51. The first-order valence-corrected chi connectivity index (χ1v) is 6.27. The zero-order valence-electron chi connectivity index (χ0n) is 10.8. The van der Waals surface area contributed by atoms with Crippen LogP contribution >= 0.6 is 0 Å². The Kier molecular flexibility index (Phi) is 7.06. The number of unbranched alkanes of at least 4 members (excludes halogenated alkanes) is 2. The van der Waals surface area contributed by atoms with Crippen molar-refractivity contribution in [3.05, 3.63) is 29.8 Å². The molecule has 2 N–H and O–H groups in total. The fourth-order valence-electron chi connectivity index (χ4n) is 1.47. The van der Waals surface area contributed by atoms with Gasteiger partial charge in [0.15, 0.2) is 6.61 Å². The third-order valence-electron chi connectivity index (χ3n) is 2.51. The van der Waals surface area contributed by atoms with Crippen molar-refractivity contribution in [2.45, 2.75) is 19.3 Å². The molecular weight excluding hydrogens is 244 g/mol. The number of carbonyl (C=O) groups is 1. The number of nitrogens with one attached hydrogen (secondary N) is 1. The lowest BCUT2D eigenvalue weighted by Gasteiger charge is -2.07. The Morgan fingerprint density at radius 2 is 2.00 bits per heavy atom. The summed E-state index contributed by atoms with van der Waals surface area (Å²) in [5.41, 5.74) is 0.556. The van der Waals surface area contributed by atoms with Gasteiger partial charge in [0.1, 0.15) is 5.75 Å². The van der Waals surface area contributed by atoms with Gasteiger partial charge in [-0.05, 0) is 43.5 Å². The lowest BCUT2D eigenvalue weighted by atomic mass is 10.2. The first-order chi connectivity index (χ1) is 9.26. The maximum atomic E-state index is 11.4. The number of ether oxygens (including phenoxy) is 1. The number of nitrogens with zero attached hydrogens (tertiary/aromatic N) is 1. The van der Waals surface area contributed by atoms with Crippen LogP contribution in [0.15, 0.2) is 24.3 Å². The van der Waals surface area contributed by atoms with Gasteiger partial charge in [-0.1, -0.05) is 0 Å². The molecule has 0 aliphatic heterocycles. The van der Waals surface area contributed by atoms with E-state index < -0.39 is 0 Å². The number of rotatable bonds is 8. The Hall–Kier alpha value is -2.06. The number of hydrogen-bond donors (Lipinski definition) is 2. The highest BCUT2D eigenvalue weighted by Gasteiger charge is 2.02. The van der Waals surface area contributed by atoms with Gasteiger partial charge >= 0.3 is 0 Å². The minimum Gasteiger partial charge on any atom is -0.484 e. The summed E-state index contributed by atoms with van der Waals surface area (Å²) in [6, 6.07) is 8.61. The van der Waals surface area contributed by atoms with E-state index >= 15 is 0 Å². The van der Waals surface area contributed by atoms with Crippen molar-refractivity contribution < 1.29 is 14.6 Å². The van der Waals surface area contributed by atoms with E-state index in [1.807, 2.05) is 6.07 Å². The Balaban J connectivity index is 2.17. The second-order valence-electron chi connectivity index (χ2n) is 4.06. The molecule has 0 bridgehead atoms. The zero-order valence-corrected chi connectivity index (χ0v) is 10.8. The van der Waals surface area contributed by atoms with Crippen molar-refractivity contribution in [1.82, 2.24) is 5.32 Å². The maximum Gasteiger partial charge on any atom is 0.257 e. The number of aliphatic hydroxyl groups is 1. The molecule has 1 aromatic rings. The summed E-state index contributed by atoms with van der Waals surface area (Å²) in [5.74, 6) is 0.391. The van der Waals surface area contributed by atoms with Crippen molar-refractivity contribution in [1.29, 1.82) is 5.26 Å². The van der Waals surface area contributed by atoms with E-state index in [4.69, 9.17) is 15.1 Å². The summed E-state index contributed by atoms with van der Waals surface area (Å²) in [7, 11) is 0. The van der Waals surface area contributed by atoms with Crippen molar-refractivity contribution in [2.24, 2.45) is 0 Å². The molecule has 0 aromatic heterocycles. The normalized spacial score (nSPS) is 9.68. The fraction of sp³-hybridized carbons (Fsp3) is 0.429. The topological polar surface area (TPSA) is 82.3 Å². The first kappa shape index (κ1) is 15.0. The molecule has 0 aliphatic carbocycles. The van der Waals surface area contributed by atoms with Gasteiger partial charge in [0.25, 0.3) is 5.91 Å². The highest BCUT2D eigenvalue weighted by Crippen LogP contribution is 2.11. The van der Waals surface area contributed by atoms with E-state index in [1.165, 1.54) is 0 Å². The SMILES string of the molecule is N#Cc1ccc(OCC(=O)NCCCCCO)cc1. The van der Waals surface area contributed by atoms with Crippen LogP contribution in [0.5, 0.6) is 5.75 Å². The van der Waals surface area contributed by atoms with Crippen LogP contribution in [0.25, 0.3) is 0 Å². The van der Waals surface area contributed by atoms with Crippen LogP contribution < -0.4 is 10.1 Å². The summed E-state index contributed by atoms with van der Waals surface area (Å²) in [6.45, 7) is 0.747. The van der Waals surface area contributed by atoms with Gasteiger partial charge in [-0.25, -0.2) is 0 Å². The molecule has 1 rings (SSSR count). The van der Waals surface area contributed by atoms with E-state index in [-0.39, 0.29) is 19.1 Å². The van der Waals surface area contributed by atoms with Crippen LogP contribution in [0.4, 0.5) is 0 Å². The predicted octanol–water partition coefficient (Wildman–Crippen LogP) is 1.22. The van der Waals surface area contributed by atoms with Gasteiger partial charge in [-0.3, -0.25) is 4.79 Å². The smallest absolute Gasteiger partial charge is 0.257 e. The number of nitriles is 1. The monoisotopic (exact) mass is 262 g/mol. The van der Waals surface area contributed by atoms with Crippen LogP contribution in [0, 0.1) is 11.3 Å². The molecular formula is C14H18N2O3. The lowest BCUT2D eigenvalue weighted by molar-refractivity contribution is -0.123. The second-order valence-corrected chi connectivity index (χ2v) is 4.06. The van der Waals surface area contributed by atoms with Crippen LogP contribution in [0.3, 0.4) is 0 Å². The van der Waals surface area contributed by atoms with Crippen LogP contribution in [-0.4, -0.2) is 30.8 Å². The maximum absolute atomic E-state index is 11.4. The standard InChI is InChI=1S/C14H18N2O3/c15-10-12-4-6-13(7-5-12)19-11-14(18)16-8-2-1-3-9-17/h4-7,17H,1-3,8-9,11H2,(H,16,18). The Bertz CT molecular complexity index is 423. The second kappa shape index (κ2) is 8.95. The molecule has 0 saturated carbocycles. The quantitative estimate of drug-likeness (QED) is 0.690. The lowest BCUT2D eigenvalue weighted by Crippen LogP contribution is -2.29. The number of amides is 1. The molecule has 0 atom stereocenters. The number of carbonyl (C=O) groups excluding carboxylic acids is 1. The third kappa shape index (κ3) is 6.43. The molecule has 5 nitrogen and oxygen atoms in total. The molecule has 1 amide bonds. The van der Waals surface area contributed by atoms with Crippen LogP contribution in [-0.2, 0) is 4.79 Å². The van der Waals surface area contributed by atoms with Crippen molar-refractivity contribution in [3.8, 4) is 11.8 Å². The largest absolute Gasteiger partial charge is 0.484 e. The van der Waals surface area contributed by atoms with Gasteiger partial charge in [-0.2, -0.15) is 5.26 Å². The van der Waals surface area contributed by atoms with E-state index in [0.29, 0.717) is 17.9 Å². The highest BCUT2D eigenvalue weighted by atomic mass is 16.5. The number of benzene rings is 1. The highest BCUT2D eigenvalue weighted by molar-refractivity contribution is 5.77.